The molecule has 0 spiro atoms. The highest BCUT2D eigenvalue weighted by atomic mass is 15.3. The summed E-state index contributed by atoms with van der Waals surface area (Å²) >= 11 is 0. The SMILES string of the molecule is C1CCN(CC2NCCC2N2CCC(N3CCCC3)C2)C1. The van der Waals surface area contributed by atoms with Crippen LogP contribution in [0.3, 0.4) is 0 Å². The van der Waals surface area contributed by atoms with Gasteiger partial charge in [0, 0.05) is 37.8 Å². The van der Waals surface area contributed by atoms with Gasteiger partial charge in [-0.25, -0.2) is 0 Å². The van der Waals surface area contributed by atoms with E-state index in [1.165, 1.54) is 90.9 Å². The Kier molecular flexibility index (Phi) is 4.49. The van der Waals surface area contributed by atoms with E-state index in [9.17, 15) is 0 Å². The molecular weight excluding hydrogens is 260 g/mol. The van der Waals surface area contributed by atoms with Crippen molar-refractivity contribution in [1.82, 2.24) is 20.0 Å². The maximum absolute atomic E-state index is 3.80. The van der Waals surface area contributed by atoms with E-state index in [0.717, 1.165) is 18.1 Å². The van der Waals surface area contributed by atoms with Gasteiger partial charge in [0.1, 0.15) is 0 Å². The van der Waals surface area contributed by atoms with Gasteiger partial charge in [0.05, 0.1) is 0 Å². The summed E-state index contributed by atoms with van der Waals surface area (Å²) in [6.45, 7) is 10.6. The molecule has 0 bridgehead atoms. The molecule has 0 amide bonds. The van der Waals surface area contributed by atoms with Crippen molar-refractivity contribution in [2.75, 3.05) is 52.4 Å². The summed E-state index contributed by atoms with van der Waals surface area (Å²) in [6.07, 6.45) is 8.46. The Morgan fingerprint density at radius 1 is 0.810 bits per heavy atom. The molecule has 4 aliphatic rings. The number of nitrogens with one attached hydrogen (secondary N) is 1. The molecule has 0 radical (unpaired) electrons. The van der Waals surface area contributed by atoms with Crippen molar-refractivity contribution in [1.29, 1.82) is 0 Å². The topological polar surface area (TPSA) is 21.8 Å². The van der Waals surface area contributed by atoms with Gasteiger partial charge in [-0.3, -0.25) is 9.80 Å². The number of nitrogens with zero attached hydrogens (tertiary/aromatic N) is 3. The molecule has 3 unspecified atom stereocenters. The Morgan fingerprint density at radius 3 is 2.38 bits per heavy atom. The lowest BCUT2D eigenvalue weighted by Crippen LogP contribution is -2.49. The van der Waals surface area contributed by atoms with Gasteiger partial charge in [-0.2, -0.15) is 0 Å². The van der Waals surface area contributed by atoms with Gasteiger partial charge < -0.3 is 10.2 Å². The zero-order valence-electron chi connectivity index (χ0n) is 13.5. The van der Waals surface area contributed by atoms with E-state index in [0.29, 0.717) is 0 Å². The smallest absolute Gasteiger partial charge is 0.0351 e. The molecule has 4 fully saturated rings. The van der Waals surface area contributed by atoms with Crippen molar-refractivity contribution in [3.63, 3.8) is 0 Å². The summed E-state index contributed by atoms with van der Waals surface area (Å²) in [4.78, 5) is 8.27. The van der Waals surface area contributed by atoms with E-state index >= 15 is 0 Å². The van der Waals surface area contributed by atoms with E-state index < -0.39 is 0 Å². The molecule has 3 atom stereocenters. The van der Waals surface area contributed by atoms with Crippen LogP contribution in [0.1, 0.15) is 38.5 Å². The standard InChI is InChI=1S/C17H32N4/c1-2-9-19(8-1)14-16-17(5-7-18-16)21-12-6-15(13-21)20-10-3-4-11-20/h15-18H,1-14H2. The summed E-state index contributed by atoms with van der Waals surface area (Å²) in [5.41, 5.74) is 0. The second-order valence-electron chi connectivity index (χ2n) is 7.60. The summed E-state index contributed by atoms with van der Waals surface area (Å²) < 4.78 is 0. The molecule has 4 heteroatoms. The van der Waals surface area contributed by atoms with Gasteiger partial charge in [0.25, 0.3) is 0 Å². The summed E-state index contributed by atoms with van der Waals surface area (Å²) in [5.74, 6) is 0. The van der Waals surface area contributed by atoms with Gasteiger partial charge in [-0.05, 0) is 71.2 Å². The van der Waals surface area contributed by atoms with Crippen LogP contribution in [-0.4, -0.2) is 85.2 Å². The average Bonchev–Trinajstić information content (AvgIpc) is 3.28. The fraction of sp³-hybridized carbons (Fsp3) is 1.00. The first-order valence-electron chi connectivity index (χ1n) is 9.34. The summed E-state index contributed by atoms with van der Waals surface area (Å²) in [6, 6.07) is 2.39. The van der Waals surface area contributed by atoms with Crippen LogP contribution < -0.4 is 5.32 Å². The second-order valence-corrected chi connectivity index (χ2v) is 7.60. The maximum atomic E-state index is 3.80. The van der Waals surface area contributed by atoms with Crippen LogP contribution in [0.15, 0.2) is 0 Å². The zero-order valence-corrected chi connectivity index (χ0v) is 13.5. The predicted molar refractivity (Wildman–Crippen MR) is 86.7 cm³/mol. The van der Waals surface area contributed by atoms with Gasteiger partial charge >= 0.3 is 0 Å². The molecule has 0 aromatic heterocycles. The maximum Gasteiger partial charge on any atom is 0.0351 e. The monoisotopic (exact) mass is 292 g/mol. The molecule has 120 valence electrons. The Hall–Kier alpha value is -0.160. The van der Waals surface area contributed by atoms with Crippen molar-refractivity contribution < 1.29 is 0 Å². The number of hydrogen-bond acceptors (Lipinski definition) is 4. The predicted octanol–water partition coefficient (Wildman–Crippen LogP) is 0.983. The molecule has 4 rings (SSSR count). The van der Waals surface area contributed by atoms with Crippen LogP contribution in [0.5, 0.6) is 0 Å². The second kappa shape index (κ2) is 6.53. The molecule has 0 aliphatic carbocycles. The first-order valence-corrected chi connectivity index (χ1v) is 9.34. The van der Waals surface area contributed by atoms with Crippen LogP contribution in [0.2, 0.25) is 0 Å². The van der Waals surface area contributed by atoms with Crippen molar-refractivity contribution >= 4 is 0 Å². The highest BCUT2D eigenvalue weighted by Gasteiger charge is 2.38. The lowest BCUT2D eigenvalue weighted by molar-refractivity contribution is 0.170. The molecule has 21 heavy (non-hydrogen) atoms. The van der Waals surface area contributed by atoms with Gasteiger partial charge in [0.15, 0.2) is 0 Å². The third-order valence-corrected chi connectivity index (χ3v) is 6.29. The van der Waals surface area contributed by atoms with E-state index in [2.05, 4.69) is 20.0 Å². The third-order valence-electron chi connectivity index (χ3n) is 6.29. The minimum Gasteiger partial charge on any atom is -0.311 e. The Balaban J connectivity index is 1.32. The first-order chi connectivity index (χ1) is 10.4. The Labute approximate surface area is 129 Å². The molecule has 4 nitrogen and oxygen atoms in total. The first kappa shape index (κ1) is 14.4. The fourth-order valence-electron chi connectivity index (χ4n) is 5.09. The minimum atomic E-state index is 0.723. The lowest BCUT2D eigenvalue weighted by atomic mass is 10.1. The van der Waals surface area contributed by atoms with Crippen LogP contribution in [-0.2, 0) is 0 Å². The van der Waals surface area contributed by atoms with Crippen LogP contribution in [0.25, 0.3) is 0 Å². The quantitative estimate of drug-likeness (QED) is 0.834. The number of hydrogen-bond donors (Lipinski definition) is 1. The highest BCUT2D eigenvalue weighted by Crippen LogP contribution is 2.26. The van der Waals surface area contributed by atoms with Crippen molar-refractivity contribution in [3.05, 3.63) is 0 Å². The molecule has 0 saturated carbocycles. The van der Waals surface area contributed by atoms with Crippen LogP contribution in [0.4, 0.5) is 0 Å². The zero-order chi connectivity index (χ0) is 14.1. The minimum absolute atomic E-state index is 0.723. The molecule has 4 aliphatic heterocycles. The lowest BCUT2D eigenvalue weighted by Gasteiger charge is -2.32. The molecule has 0 aromatic carbocycles. The van der Waals surface area contributed by atoms with Crippen molar-refractivity contribution in [2.45, 2.75) is 56.7 Å². The molecule has 4 saturated heterocycles. The summed E-state index contributed by atoms with van der Waals surface area (Å²) in [5, 5.41) is 3.80. The van der Waals surface area contributed by atoms with E-state index in [1.807, 2.05) is 0 Å². The molecule has 1 N–H and O–H groups in total. The molecule has 4 heterocycles. The van der Waals surface area contributed by atoms with E-state index in [-0.39, 0.29) is 0 Å². The van der Waals surface area contributed by atoms with E-state index in [1.54, 1.807) is 0 Å². The van der Waals surface area contributed by atoms with Crippen molar-refractivity contribution in [3.8, 4) is 0 Å². The fourth-order valence-corrected chi connectivity index (χ4v) is 5.09. The Morgan fingerprint density at radius 2 is 1.57 bits per heavy atom. The normalized spacial score (nSPS) is 39.7. The van der Waals surface area contributed by atoms with Crippen molar-refractivity contribution in [2.24, 2.45) is 0 Å². The van der Waals surface area contributed by atoms with Gasteiger partial charge in [-0.15, -0.1) is 0 Å². The molecule has 0 aromatic rings. The highest BCUT2D eigenvalue weighted by molar-refractivity contribution is 4.97. The third kappa shape index (κ3) is 3.14. The van der Waals surface area contributed by atoms with E-state index in [4.69, 9.17) is 0 Å². The van der Waals surface area contributed by atoms with Crippen LogP contribution >= 0.6 is 0 Å². The largest absolute Gasteiger partial charge is 0.311 e. The van der Waals surface area contributed by atoms with Gasteiger partial charge in [-0.1, -0.05) is 0 Å². The number of rotatable bonds is 4. The van der Waals surface area contributed by atoms with Crippen LogP contribution in [0, 0.1) is 0 Å². The summed E-state index contributed by atoms with van der Waals surface area (Å²) in [7, 11) is 0. The Bertz CT molecular complexity index is 336. The average molecular weight is 292 g/mol. The van der Waals surface area contributed by atoms with Gasteiger partial charge in [0.2, 0.25) is 0 Å². The number of likely N-dealkylation sites (tertiary alicyclic amines) is 3. The molecular formula is C17H32N4.